The van der Waals surface area contributed by atoms with Crippen molar-refractivity contribution in [1.82, 2.24) is 4.98 Å². The van der Waals surface area contributed by atoms with Crippen molar-refractivity contribution in [1.29, 1.82) is 0 Å². The van der Waals surface area contributed by atoms with Gasteiger partial charge in [-0.3, -0.25) is 0 Å². The Balaban J connectivity index is 1.57. The van der Waals surface area contributed by atoms with E-state index in [2.05, 4.69) is 34.6 Å². The van der Waals surface area contributed by atoms with Gasteiger partial charge in [0, 0.05) is 6.04 Å². The molecule has 4 heteroatoms. The predicted octanol–water partition coefficient (Wildman–Crippen LogP) is 3.38. The molecule has 4 nitrogen and oxygen atoms in total. The molecule has 0 fully saturated rings. The second-order valence-corrected chi connectivity index (χ2v) is 5.57. The zero-order chi connectivity index (χ0) is 14.2. The molecule has 1 aliphatic carbocycles. The van der Waals surface area contributed by atoms with Crippen molar-refractivity contribution < 1.29 is 4.42 Å². The molecular formula is C17H17N3O. The first-order valence-electron chi connectivity index (χ1n) is 7.28. The quantitative estimate of drug-likeness (QED) is 0.706. The maximum atomic E-state index is 5.92. The maximum Gasteiger partial charge on any atom is 0.295 e. The SMILES string of the molecule is Nc1cccc2oc(NC3CCc4ccccc4C3)nc12. The van der Waals surface area contributed by atoms with Gasteiger partial charge in [0.25, 0.3) is 6.01 Å². The summed E-state index contributed by atoms with van der Waals surface area (Å²) in [6.45, 7) is 0. The van der Waals surface area contributed by atoms with Crippen LogP contribution in [0.2, 0.25) is 0 Å². The lowest BCUT2D eigenvalue weighted by atomic mass is 9.88. The summed E-state index contributed by atoms with van der Waals surface area (Å²) >= 11 is 0. The normalized spacial score (nSPS) is 17.6. The molecule has 1 aromatic heterocycles. The molecule has 3 N–H and O–H groups in total. The Morgan fingerprint density at radius 2 is 1.95 bits per heavy atom. The van der Waals surface area contributed by atoms with Gasteiger partial charge >= 0.3 is 0 Å². The predicted molar refractivity (Wildman–Crippen MR) is 84.3 cm³/mol. The summed E-state index contributed by atoms with van der Waals surface area (Å²) in [7, 11) is 0. The summed E-state index contributed by atoms with van der Waals surface area (Å²) in [5.74, 6) is 0. The molecule has 0 radical (unpaired) electrons. The van der Waals surface area contributed by atoms with Crippen LogP contribution in [-0.4, -0.2) is 11.0 Å². The van der Waals surface area contributed by atoms with Crippen LogP contribution in [0.5, 0.6) is 0 Å². The number of anilines is 2. The van der Waals surface area contributed by atoms with Crippen LogP contribution in [0.4, 0.5) is 11.7 Å². The van der Waals surface area contributed by atoms with Gasteiger partial charge < -0.3 is 15.5 Å². The molecule has 0 saturated carbocycles. The lowest BCUT2D eigenvalue weighted by Crippen LogP contribution is -2.27. The van der Waals surface area contributed by atoms with Gasteiger partial charge in [-0.25, -0.2) is 0 Å². The molecule has 0 amide bonds. The van der Waals surface area contributed by atoms with Gasteiger partial charge in [0.05, 0.1) is 5.69 Å². The highest BCUT2D eigenvalue weighted by Crippen LogP contribution is 2.27. The van der Waals surface area contributed by atoms with E-state index in [4.69, 9.17) is 10.2 Å². The molecule has 0 spiro atoms. The van der Waals surface area contributed by atoms with Crippen LogP contribution in [0.25, 0.3) is 11.1 Å². The van der Waals surface area contributed by atoms with Crippen LogP contribution >= 0.6 is 0 Å². The van der Waals surface area contributed by atoms with Gasteiger partial charge in [0.2, 0.25) is 0 Å². The number of oxazole rings is 1. The van der Waals surface area contributed by atoms with E-state index in [1.165, 1.54) is 11.1 Å². The molecule has 0 saturated heterocycles. The summed E-state index contributed by atoms with van der Waals surface area (Å²) in [4.78, 5) is 4.46. The zero-order valence-electron chi connectivity index (χ0n) is 11.7. The summed E-state index contributed by atoms with van der Waals surface area (Å²) in [5, 5.41) is 3.41. The van der Waals surface area contributed by atoms with E-state index in [0.717, 1.165) is 30.4 Å². The number of fused-ring (bicyclic) bond motifs is 2. The molecule has 21 heavy (non-hydrogen) atoms. The molecule has 0 bridgehead atoms. The smallest absolute Gasteiger partial charge is 0.295 e. The minimum absolute atomic E-state index is 0.356. The Morgan fingerprint density at radius 3 is 2.81 bits per heavy atom. The molecular weight excluding hydrogens is 262 g/mol. The third kappa shape index (κ3) is 2.23. The van der Waals surface area contributed by atoms with Gasteiger partial charge in [-0.1, -0.05) is 30.3 Å². The molecule has 4 rings (SSSR count). The van der Waals surface area contributed by atoms with Crippen molar-refractivity contribution in [2.24, 2.45) is 0 Å². The third-order valence-corrected chi connectivity index (χ3v) is 4.12. The van der Waals surface area contributed by atoms with Gasteiger partial charge in [-0.15, -0.1) is 0 Å². The Morgan fingerprint density at radius 1 is 1.10 bits per heavy atom. The van der Waals surface area contributed by atoms with Crippen LogP contribution in [-0.2, 0) is 12.8 Å². The van der Waals surface area contributed by atoms with Crippen molar-refractivity contribution >= 4 is 22.8 Å². The Labute approximate surface area is 123 Å². The fraction of sp³-hybridized carbons (Fsp3) is 0.235. The minimum Gasteiger partial charge on any atom is -0.423 e. The monoisotopic (exact) mass is 279 g/mol. The van der Waals surface area contributed by atoms with Gasteiger partial charge in [0.1, 0.15) is 5.52 Å². The molecule has 0 aliphatic heterocycles. The van der Waals surface area contributed by atoms with Crippen molar-refractivity contribution in [3.05, 3.63) is 53.6 Å². The summed E-state index contributed by atoms with van der Waals surface area (Å²) in [6.07, 6.45) is 3.19. The highest BCUT2D eigenvalue weighted by molar-refractivity contribution is 5.86. The standard InChI is InChI=1S/C17H17N3O/c18-14-6-3-7-15-16(14)20-17(21-15)19-13-9-8-11-4-1-2-5-12(11)10-13/h1-7,13H,8-10,18H2,(H,19,20). The van der Waals surface area contributed by atoms with Crippen molar-refractivity contribution in [2.75, 3.05) is 11.1 Å². The number of para-hydroxylation sites is 1. The number of hydrogen-bond acceptors (Lipinski definition) is 4. The number of hydrogen-bond donors (Lipinski definition) is 2. The van der Waals surface area contributed by atoms with Crippen LogP contribution < -0.4 is 11.1 Å². The van der Waals surface area contributed by atoms with Crippen molar-refractivity contribution in [3.8, 4) is 0 Å². The summed E-state index contributed by atoms with van der Waals surface area (Å²) in [6, 6.07) is 15.1. The molecule has 1 aliphatic rings. The van der Waals surface area contributed by atoms with Crippen LogP contribution in [0.3, 0.4) is 0 Å². The Bertz CT molecular complexity index is 794. The van der Waals surface area contributed by atoms with Gasteiger partial charge in [-0.2, -0.15) is 4.98 Å². The molecule has 106 valence electrons. The van der Waals surface area contributed by atoms with Crippen molar-refractivity contribution in [2.45, 2.75) is 25.3 Å². The average molecular weight is 279 g/mol. The van der Waals surface area contributed by atoms with E-state index in [-0.39, 0.29) is 0 Å². The number of nitrogen functional groups attached to an aromatic ring is 1. The summed E-state index contributed by atoms with van der Waals surface area (Å²) in [5.41, 5.74) is 10.9. The Kier molecular flexibility index (Phi) is 2.81. The largest absolute Gasteiger partial charge is 0.423 e. The van der Waals surface area contributed by atoms with Crippen LogP contribution in [0.15, 0.2) is 46.9 Å². The fourth-order valence-corrected chi connectivity index (χ4v) is 3.03. The minimum atomic E-state index is 0.356. The zero-order valence-corrected chi connectivity index (χ0v) is 11.7. The molecule has 1 heterocycles. The molecule has 1 atom stereocenters. The number of nitrogens with two attached hydrogens (primary N) is 1. The second kappa shape index (κ2) is 4.81. The highest BCUT2D eigenvalue weighted by Gasteiger charge is 2.20. The number of aryl methyl sites for hydroxylation is 1. The lowest BCUT2D eigenvalue weighted by Gasteiger charge is -2.24. The van der Waals surface area contributed by atoms with E-state index >= 15 is 0 Å². The first-order chi connectivity index (χ1) is 10.3. The van der Waals surface area contributed by atoms with E-state index in [9.17, 15) is 0 Å². The van der Waals surface area contributed by atoms with Gasteiger partial charge in [0.15, 0.2) is 5.58 Å². The number of rotatable bonds is 2. The Hall–Kier alpha value is -2.49. The average Bonchev–Trinajstić information content (AvgIpc) is 2.91. The third-order valence-electron chi connectivity index (χ3n) is 4.12. The first kappa shape index (κ1) is 12.3. The number of nitrogens with one attached hydrogen (secondary N) is 1. The first-order valence-corrected chi connectivity index (χ1v) is 7.28. The van der Waals surface area contributed by atoms with Crippen LogP contribution in [0.1, 0.15) is 17.5 Å². The molecule has 1 unspecified atom stereocenters. The van der Waals surface area contributed by atoms with Crippen LogP contribution in [0, 0.1) is 0 Å². The van der Waals surface area contributed by atoms with E-state index in [0.29, 0.717) is 17.7 Å². The number of nitrogens with zero attached hydrogens (tertiary/aromatic N) is 1. The second-order valence-electron chi connectivity index (χ2n) is 5.57. The maximum absolute atomic E-state index is 5.92. The van der Waals surface area contributed by atoms with Gasteiger partial charge in [-0.05, 0) is 42.5 Å². The molecule has 3 aromatic rings. The van der Waals surface area contributed by atoms with E-state index in [1.54, 1.807) is 0 Å². The fourth-order valence-electron chi connectivity index (χ4n) is 3.03. The van der Waals surface area contributed by atoms with Crippen molar-refractivity contribution in [3.63, 3.8) is 0 Å². The topological polar surface area (TPSA) is 64.1 Å². The highest BCUT2D eigenvalue weighted by atomic mass is 16.4. The lowest BCUT2D eigenvalue weighted by molar-refractivity contribution is 0.557. The number of benzene rings is 2. The van der Waals surface area contributed by atoms with E-state index in [1.807, 2.05) is 18.2 Å². The molecule has 2 aromatic carbocycles. The number of aromatic nitrogens is 1. The summed E-state index contributed by atoms with van der Waals surface area (Å²) < 4.78 is 5.74. The van der Waals surface area contributed by atoms with E-state index < -0.39 is 0 Å².